The van der Waals surface area contributed by atoms with Gasteiger partial charge in [0.2, 0.25) is 5.91 Å². The van der Waals surface area contributed by atoms with Gasteiger partial charge in [-0.25, -0.2) is 0 Å². The molecule has 1 amide bonds. The maximum absolute atomic E-state index is 11.7. The van der Waals surface area contributed by atoms with Crippen LogP contribution < -0.4 is 0 Å². The number of carbonyl (C=O) groups excluding carboxylic acids is 2. The summed E-state index contributed by atoms with van der Waals surface area (Å²) in [6.45, 7) is -0.0115. The Hall–Kier alpha value is -1.91. The van der Waals surface area contributed by atoms with Gasteiger partial charge < -0.3 is 9.64 Å². The average molecular weight is 236 g/mol. The Morgan fingerprint density at radius 1 is 1.47 bits per heavy atom. The number of pyridine rings is 1. The van der Waals surface area contributed by atoms with Crippen LogP contribution >= 0.6 is 0 Å². The molecule has 0 fully saturated rings. The second-order valence-electron chi connectivity index (χ2n) is 3.69. The van der Waals surface area contributed by atoms with E-state index in [4.69, 9.17) is 0 Å². The van der Waals surface area contributed by atoms with E-state index in [2.05, 4.69) is 9.72 Å². The Kier molecular flexibility index (Phi) is 5.13. The summed E-state index contributed by atoms with van der Waals surface area (Å²) in [7, 11) is 2.89. The van der Waals surface area contributed by atoms with Gasteiger partial charge in [0, 0.05) is 25.9 Å². The zero-order valence-electron chi connectivity index (χ0n) is 10.0. The topological polar surface area (TPSA) is 59.5 Å². The normalized spacial score (nSPS) is 9.76. The number of likely N-dealkylation sites (N-methyl/N-ethyl adjacent to an activating group) is 1. The van der Waals surface area contributed by atoms with Gasteiger partial charge in [0.25, 0.3) is 0 Å². The number of ether oxygens (including phenoxy) is 1. The van der Waals surface area contributed by atoms with Gasteiger partial charge in [0.05, 0.1) is 7.11 Å². The van der Waals surface area contributed by atoms with Gasteiger partial charge in [-0.1, -0.05) is 6.07 Å². The molecule has 1 aromatic rings. The molecule has 0 saturated carbocycles. The van der Waals surface area contributed by atoms with Crippen molar-refractivity contribution in [3.05, 3.63) is 30.1 Å². The molecule has 17 heavy (non-hydrogen) atoms. The number of methoxy groups -OCH3 is 1. The summed E-state index contributed by atoms with van der Waals surface area (Å²) in [5.74, 6) is -0.499. The van der Waals surface area contributed by atoms with E-state index in [9.17, 15) is 9.59 Å². The van der Waals surface area contributed by atoms with Gasteiger partial charge in [-0.2, -0.15) is 0 Å². The SMILES string of the molecule is COC(=O)CN(C)C(=O)CCc1cccnc1. The molecule has 92 valence electrons. The summed E-state index contributed by atoms with van der Waals surface area (Å²) in [6.07, 6.45) is 4.40. The van der Waals surface area contributed by atoms with Crippen LogP contribution in [0.2, 0.25) is 0 Å². The molecular formula is C12H16N2O3. The number of hydrogen-bond acceptors (Lipinski definition) is 4. The lowest BCUT2D eigenvalue weighted by Gasteiger charge is -2.15. The fourth-order valence-corrected chi connectivity index (χ4v) is 1.33. The Bertz CT molecular complexity index is 379. The zero-order chi connectivity index (χ0) is 12.7. The number of rotatable bonds is 5. The number of amides is 1. The molecule has 0 aliphatic carbocycles. The Balaban J connectivity index is 2.37. The molecule has 5 heteroatoms. The molecule has 1 rings (SSSR count). The van der Waals surface area contributed by atoms with Crippen molar-refractivity contribution < 1.29 is 14.3 Å². The Morgan fingerprint density at radius 2 is 2.24 bits per heavy atom. The third kappa shape index (κ3) is 4.63. The van der Waals surface area contributed by atoms with E-state index in [0.29, 0.717) is 12.8 Å². The number of aryl methyl sites for hydroxylation is 1. The second-order valence-corrected chi connectivity index (χ2v) is 3.69. The van der Waals surface area contributed by atoms with Crippen LogP contribution in [0.4, 0.5) is 0 Å². The minimum Gasteiger partial charge on any atom is -0.468 e. The molecule has 0 saturated heterocycles. The van der Waals surface area contributed by atoms with Gasteiger partial charge in [0.15, 0.2) is 0 Å². The van der Waals surface area contributed by atoms with E-state index in [0.717, 1.165) is 5.56 Å². The predicted octanol–water partition coefficient (Wildman–Crippen LogP) is 0.646. The first kappa shape index (κ1) is 13.2. The van der Waals surface area contributed by atoms with E-state index in [1.165, 1.54) is 12.0 Å². The van der Waals surface area contributed by atoms with E-state index in [1.807, 2.05) is 12.1 Å². The van der Waals surface area contributed by atoms with E-state index < -0.39 is 5.97 Å². The molecule has 0 N–H and O–H groups in total. The fraction of sp³-hybridized carbons (Fsp3) is 0.417. The quantitative estimate of drug-likeness (QED) is 0.704. The summed E-state index contributed by atoms with van der Waals surface area (Å²) in [4.78, 5) is 28.0. The van der Waals surface area contributed by atoms with Gasteiger partial charge >= 0.3 is 5.97 Å². The lowest BCUT2D eigenvalue weighted by atomic mass is 10.1. The lowest BCUT2D eigenvalue weighted by molar-refractivity contribution is -0.146. The summed E-state index contributed by atoms with van der Waals surface area (Å²) in [5, 5.41) is 0. The van der Waals surface area contributed by atoms with Crippen LogP contribution in [0.25, 0.3) is 0 Å². The fourth-order valence-electron chi connectivity index (χ4n) is 1.33. The third-order valence-electron chi connectivity index (χ3n) is 2.37. The largest absolute Gasteiger partial charge is 0.468 e. The molecule has 0 spiro atoms. The van der Waals surface area contributed by atoms with Crippen LogP contribution in [0.5, 0.6) is 0 Å². The summed E-state index contributed by atoms with van der Waals surface area (Å²) in [5.41, 5.74) is 1.01. The standard InChI is InChI=1S/C12H16N2O3/c1-14(9-12(16)17-2)11(15)6-5-10-4-3-7-13-8-10/h3-4,7-8H,5-6,9H2,1-2H3. The number of carbonyl (C=O) groups is 2. The van der Waals surface area contributed by atoms with Crippen LogP contribution in [0.1, 0.15) is 12.0 Å². The van der Waals surface area contributed by atoms with Crippen molar-refractivity contribution in [3.63, 3.8) is 0 Å². The van der Waals surface area contributed by atoms with Gasteiger partial charge in [-0.3, -0.25) is 14.6 Å². The van der Waals surface area contributed by atoms with Crippen molar-refractivity contribution in [3.8, 4) is 0 Å². The molecule has 1 heterocycles. The zero-order valence-corrected chi connectivity index (χ0v) is 10.0. The van der Waals surface area contributed by atoms with Crippen molar-refractivity contribution in [1.29, 1.82) is 0 Å². The van der Waals surface area contributed by atoms with Crippen LogP contribution in [-0.2, 0) is 20.7 Å². The summed E-state index contributed by atoms with van der Waals surface area (Å²) in [6, 6.07) is 3.75. The van der Waals surface area contributed by atoms with Crippen LogP contribution in [0, 0.1) is 0 Å². The van der Waals surface area contributed by atoms with Crippen molar-refractivity contribution >= 4 is 11.9 Å². The summed E-state index contributed by atoms with van der Waals surface area (Å²) < 4.78 is 4.49. The van der Waals surface area contributed by atoms with Crippen LogP contribution in [0.3, 0.4) is 0 Å². The van der Waals surface area contributed by atoms with E-state index >= 15 is 0 Å². The van der Waals surface area contributed by atoms with Crippen LogP contribution in [0.15, 0.2) is 24.5 Å². The van der Waals surface area contributed by atoms with Gasteiger partial charge in [-0.15, -0.1) is 0 Å². The minimum absolute atomic E-state index is 0.0115. The molecular weight excluding hydrogens is 220 g/mol. The Morgan fingerprint density at radius 3 is 2.82 bits per heavy atom. The van der Waals surface area contributed by atoms with Crippen molar-refractivity contribution in [1.82, 2.24) is 9.88 Å². The highest BCUT2D eigenvalue weighted by Gasteiger charge is 2.12. The highest BCUT2D eigenvalue weighted by Crippen LogP contribution is 2.02. The van der Waals surface area contributed by atoms with Crippen LogP contribution in [-0.4, -0.2) is 42.5 Å². The van der Waals surface area contributed by atoms with E-state index in [-0.39, 0.29) is 12.5 Å². The third-order valence-corrected chi connectivity index (χ3v) is 2.37. The van der Waals surface area contributed by atoms with Gasteiger partial charge in [-0.05, 0) is 18.1 Å². The Labute approximate surface area is 100 Å². The first-order valence-electron chi connectivity index (χ1n) is 5.33. The van der Waals surface area contributed by atoms with E-state index in [1.54, 1.807) is 19.4 Å². The molecule has 0 bridgehead atoms. The first-order valence-corrected chi connectivity index (χ1v) is 5.33. The molecule has 0 aliphatic rings. The minimum atomic E-state index is -0.415. The maximum atomic E-state index is 11.7. The smallest absolute Gasteiger partial charge is 0.325 e. The molecule has 0 aromatic carbocycles. The average Bonchev–Trinajstić information content (AvgIpc) is 2.36. The highest BCUT2D eigenvalue weighted by molar-refractivity contribution is 5.81. The summed E-state index contributed by atoms with van der Waals surface area (Å²) >= 11 is 0. The van der Waals surface area contributed by atoms with Crippen molar-refractivity contribution in [2.45, 2.75) is 12.8 Å². The van der Waals surface area contributed by atoms with Gasteiger partial charge in [0.1, 0.15) is 6.54 Å². The first-order chi connectivity index (χ1) is 8.13. The molecule has 0 aliphatic heterocycles. The highest BCUT2D eigenvalue weighted by atomic mass is 16.5. The molecule has 5 nitrogen and oxygen atoms in total. The lowest BCUT2D eigenvalue weighted by Crippen LogP contribution is -2.32. The molecule has 0 unspecified atom stereocenters. The number of esters is 1. The number of hydrogen-bond donors (Lipinski definition) is 0. The molecule has 0 radical (unpaired) electrons. The second kappa shape index (κ2) is 6.62. The number of nitrogens with zero attached hydrogens (tertiary/aromatic N) is 2. The molecule has 1 aromatic heterocycles. The maximum Gasteiger partial charge on any atom is 0.325 e. The monoisotopic (exact) mass is 236 g/mol. The molecule has 0 atom stereocenters. The predicted molar refractivity (Wildman–Crippen MR) is 62.2 cm³/mol. The number of aromatic nitrogens is 1. The van der Waals surface area contributed by atoms with Crippen molar-refractivity contribution in [2.75, 3.05) is 20.7 Å². The van der Waals surface area contributed by atoms with Crippen molar-refractivity contribution in [2.24, 2.45) is 0 Å².